The van der Waals surface area contributed by atoms with Gasteiger partial charge in [0.15, 0.2) is 0 Å². The fraction of sp³-hybridized carbons (Fsp3) is 0.417. The number of benzene rings is 1. The van der Waals surface area contributed by atoms with Crippen molar-refractivity contribution >= 4 is 40.5 Å². The Bertz CT molecular complexity index is 556. The highest BCUT2D eigenvalue weighted by molar-refractivity contribution is 6.39. The summed E-state index contributed by atoms with van der Waals surface area (Å²) in [5, 5.41) is 20.2. The van der Waals surface area contributed by atoms with E-state index in [2.05, 4.69) is 0 Å². The third-order valence-corrected chi connectivity index (χ3v) is 4.03. The van der Waals surface area contributed by atoms with Gasteiger partial charge in [-0.2, -0.15) is 0 Å². The lowest BCUT2D eigenvalue weighted by atomic mass is 9.99. The summed E-state index contributed by atoms with van der Waals surface area (Å²) in [6.45, 7) is 2.62. The lowest BCUT2D eigenvalue weighted by Crippen LogP contribution is -2.23. The Kier molecular flexibility index (Phi) is 4.06. The maximum Gasteiger partial charge on any atom is 0.308 e. The molecule has 1 aromatic rings. The second-order valence-electron chi connectivity index (χ2n) is 4.84. The van der Waals surface area contributed by atoms with Crippen molar-refractivity contribution in [2.24, 2.45) is 11.8 Å². The van der Waals surface area contributed by atoms with Gasteiger partial charge in [0.25, 0.3) is 5.69 Å². The van der Waals surface area contributed by atoms with Crippen LogP contribution in [-0.4, -0.2) is 29.1 Å². The molecule has 1 aliphatic rings. The predicted molar refractivity (Wildman–Crippen MR) is 75.6 cm³/mol. The molecule has 0 unspecified atom stereocenters. The number of anilines is 1. The molecular weight excluding hydrogens is 307 g/mol. The molecule has 0 aromatic heterocycles. The summed E-state index contributed by atoms with van der Waals surface area (Å²) < 4.78 is 0. The summed E-state index contributed by atoms with van der Waals surface area (Å²) in [4.78, 5) is 23.0. The largest absolute Gasteiger partial charge is 0.481 e. The van der Waals surface area contributed by atoms with Crippen LogP contribution in [0.2, 0.25) is 10.0 Å². The minimum Gasteiger partial charge on any atom is -0.481 e. The molecule has 0 saturated carbocycles. The first kappa shape index (κ1) is 14.9. The highest BCUT2D eigenvalue weighted by atomic mass is 35.5. The van der Waals surface area contributed by atoms with Crippen LogP contribution in [-0.2, 0) is 4.79 Å². The van der Waals surface area contributed by atoms with Crippen LogP contribution in [0.3, 0.4) is 0 Å². The van der Waals surface area contributed by atoms with Crippen LogP contribution in [0.1, 0.15) is 6.92 Å². The van der Waals surface area contributed by atoms with Gasteiger partial charge in [-0.15, -0.1) is 0 Å². The number of carboxylic acids is 1. The Balaban J connectivity index is 2.35. The molecule has 0 bridgehead atoms. The molecule has 1 aliphatic heterocycles. The first-order chi connectivity index (χ1) is 9.31. The summed E-state index contributed by atoms with van der Waals surface area (Å²) in [6.07, 6.45) is 0. The van der Waals surface area contributed by atoms with Crippen molar-refractivity contribution in [1.82, 2.24) is 0 Å². The molecular formula is C12H12Cl2N2O4. The Morgan fingerprint density at radius 3 is 2.35 bits per heavy atom. The fourth-order valence-corrected chi connectivity index (χ4v) is 3.15. The number of halogens is 2. The Hall–Kier alpha value is -1.53. The minimum absolute atomic E-state index is 0.0465. The number of hydrogen-bond donors (Lipinski definition) is 1. The third-order valence-electron chi connectivity index (χ3n) is 3.46. The first-order valence-electron chi connectivity index (χ1n) is 5.92. The molecule has 0 amide bonds. The molecule has 20 heavy (non-hydrogen) atoms. The number of nitro benzene ring substituents is 1. The molecule has 1 N–H and O–H groups in total. The van der Waals surface area contributed by atoms with E-state index in [1.807, 2.05) is 6.92 Å². The van der Waals surface area contributed by atoms with Gasteiger partial charge < -0.3 is 10.0 Å². The zero-order valence-corrected chi connectivity index (χ0v) is 12.1. The second-order valence-corrected chi connectivity index (χ2v) is 5.66. The summed E-state index contributed by atoms with van der Waals surface area (Å²) in [5.74, 6) is -1.42. The Labute approximate surface area is 125 Å². The molecule has 0 aliphatic carbocycles. The van der Waals surface area contributed by atoms with Crippen molar-refractivity contribution in [3.63, 3.8) is 0 Å². The molecule has 1 saturated heterocycles. The summed E-state index contributed by atoms with van der Waals surface area (Å²) >= 11 is 12.1. The molecule has 108 valence electrons. The van der Waals surface area contributed by atoms with Crippen molar-refractivity contribution in [1.29, 1.82) is 0 Å². The molecule has 1 heterocycles. The highest BCUT2D eigenvalue weighted by Crippen LogP contribution is 2.40. The van der Waals surface area contributed by atoms with Gasteiger partial charge in [-0.1, -0.05) is 30.1 Å². The summed E-state index contributed by atoms with van der Waals surface area (Å²) in [6, 6.07) is 2.45. The number of carbonyl (C=O) groups is 1. The second kappa shape index (κ2) is 5.46. The molecule has 0 spiro atoms. The zero-order valence-electron chi connectivity index (χ0n) is 10.5. The van der Waals surface area contributed by atoms with E-state index in [4.69, 9.17) is 28.3 Å². The predicted octanol–water partition coefficient (Wildman–Crippen LogP) is 3.06. The minimum atomic E-state index is -0.867. The maximum atomic E-state index is 11.1. The van der Waals surface area contributed by atoms with Gasteiger partial charge in [-0.3, -0.25) is 14.9 Å². The first-order valence-corrected chi connectivity index (χ1v) is 6.68. The normalized spacial score (nSPS) is 22.1. The van der Waals surface area contributed by atoms with Gasteiger partial charge in [0.05, 0.1) is 26.6 Å². The zero-order chi connectivity index (χ0) is 15.0. The molecule has 1 fully saturated rings. The lowest BCUT2D eigenvalue weighted by molar-refractivity contribution is -0.384. The molecule has 0 radical (unpaired) electrons. The van der Waals surface area contributed by atoms with Crippen LogP contribution < -0.4 is 4.90 Å². The van der Waals surface area contributed by atoms with Crippen molar-refractivity contribution in [2.45, 2.75) is 6.92 Å². The van der Waals surface area contributed by atoms with Crippen LogP contribution in [0.4, 0.5) is 11.4 Å². The quantitative estimate of drug-likeness (QED) is 0.684. The number of aliphatic carboxylic acids is 1. The summed E-state index contributed by atoms with van der Waals surface area (Å²) in [7, 11) is 0. The van der Waals surface area contributed by atoms with Crippen LogP contribution in [0.25, 0.3) is 0 Å². The number of non-ortho nitro benzene ring substituents is 1. The number of carboxylic acid groups (broad SMARTS) is 1. The van der Waals surface area contributed by atoms with E-state index in [-0.39, 0.29) is 28.2 Å². The van der Waals surface area contributed by atoms with Gasteiger partial charge in [0.2, 0.25) is 0 Å². The van der Waals surface area contributed by atoms with Gasteiger partial charge in [-0.25, -0.2) is 0 Å². The molecule has 1 aromatic carbocycles. The smallest absolute Gasteiger partial charge is 0.308 e. The number of nitrogens with zero attached hydrogens (tertiary/aromatic N) is 2. The van der Waals surface area contributed by atoms with Crippen molar-refractivity contribution in [3.8, 4) is 0 Å². The van der Waals surface area contributed by atoms with Crippen molar-refractivity contribution < 1.29 is 14.8 Å². The van der Waals surface area contributed by atoms with Crippen molar-refractivity contribution in [2.75, 3.05) is 18.0 Å². The third kappa shape index (κ3) is 2.66. The standard InChI is InChI=1S/C12H12Cl2N2O4/c1-6-4-15(5-8(6)12(17)18)11-9(13)2-7(16(19)20)3-10(11)14/h2-3,6,8H,4-5H2,1H3,(H,17,18)/t6-,8-/m1/s1. The van der Waals surface area contributed by atoms with Crippen LogP contribution >= 0.6 is 23.2 Å². The Morgan fingerprint density at radius 1 is 1.40 bits per heavy atom. The average Bonchev–Trinajstić information content (AvgIpc) is 2.70. The number of hydrogen-bond acceptors (Lipinski definition) is 4. The SMILES string of the molecule is C[C@@H]1CN(c2c(Cl)cc([N+](=O)[O-])cc2Cl)C[C@H]1C(=O)O. The molecule has 2 atom stereocenters. The summed E-state index contributed by atoms with van der Waals surface area (Å²) in [5.41, 5.74) is 0.264. The Morgan fingerprint density at radius 2 is 1.95 bits per heavy atom. The van der Waals surface area contributed by atoms with Crippen LogP contribution in [0, 0.1) is 22.0 Å². The van der Waals surface area contributed by atoms with E-state index < -0.39 is 16.8 Å². The van der Waals surface area contributed by atoms with E-state index in [0.717, 1.165) is 0 Å². The van der Waals surface area contributed by atoms with Crippen LogP contribution in [0.15, 0.2) is 12.1 Å². The van der Waals surface area contributed by atoms with Gasteiger partial charge >= 0.3 is 5.97 Å². The van der Waals surface area contributed by atoms with E-state index in [0.29, 0.717) is 12.2 Å². The fourth-order valence-electron chi connectivity index (χ4n) is 2.43. The topological polar surface area (TPSA) is 83.7 Å². The van der Waals surface area contributed by atoms with E-state index >= 15 is 0 Å². The van der Waals surface area contributed by atoms with Gasteiger partial charge in [0, 0.05) is 25.2 Å². The number of rotatable bonds is 3. The van der Waals surface area contributed by atoms with E-state index in [1.165, 1.54) is 12.1 Å². The van der Waals surface area contributed by atoms with Crippen LogP contribution in [0.5, 0.6) is 0 Å². The highest BCUT2D eigenvalue weighted by Gasteiger charge is 2.36. The lowest BCUT2D eigenvalue weighted by Gasteiger charge is -2.21. The molecule has 2 rings (SSSR count). The monoisotopic (exact) mass is 318 g/mol. The van der Waals surface area contributed by atoms with Gasteiger partial charge in [0.1, 0.15) is 0 Å². The number of nitro groups is 1. The molecule has 8 heteroatoms. The van der Waals surface area contributed by atoms with E-state index in [1.54, 1.807) is 4.90 Å². The van der Waals surface area contributed by atoms with Crippen molar-refractivity contribution in [3.05, 3.63) is 32.3 Å². The maximum absolute atomic E-state index is 11.1. The molecule has 6 nitrogen and oxygen atoms in total. The average molecular weight is 319 g/mol. The van der Waals surface area contributed by atoms with Gasteiger partial charge in [-0.05, 0) is 5.92 Å². The van der Waals surface area contributed by atoms with E-state index in [9.17, 15) is 14.9 Å².